The van der Waals surface area contributed by atoms with Gasteiger partial charge in [-0.25, -0.2) is 0 Å². The van der Waals surface area contributed by atoms with Gasteiger partial charge in [-0.3, -0.25) is 10.6 Å². The van der Waals surface area contributed by atoms with Crippen LogP contribution in [0.5, 0.6) is 5.75 Å². The van der Waals surface area contributed by atoms with Crippen LogP contribution in [0.2, 0.25) is 0 Å². The molecule has 0 saturated heterocycles. The zero-order valence-corrected chi connectivity index (χ0v) is 11.5. The van der Waals surface area contributed by atoms with Crippen LogP contribution >= 0.6 is 0 Å². The molecule has 0 unspecified atom stereocenters. The first kappa shape index (κ1) is 13.9. The van der Waals surface area contributed by atoms with Crippen LogP contribution in [0.1, 0.15) is 10.4 Å². The molecule has 5 nitrogen and oxygen atoms in total. The number of methoxy groups -OCH3 is 1. The van der Waals surface area contributed by atoms with E-state index in [1.165, 1.54) is 0 Å². The number of ether oxygens (including phenoxy) is 1. The van der Waals surface area contributed by atoms with Gasteiger partial charge in [0, 0.05) is 18.3 Å². The highest BCUT2D eigenvalue weighted by atomic mass is 16.5. The minimum atomic E-state index is -0.113. The molecule has 0 bridgehead atoms. The highest BCUT2D eigenvalue weighted by Crippen LogP contribution is 2.27. The topological polar surface area (TPSA) is 67.6 Å². The highest BCUT2D eigenvalue weighted by Gasteiger charge is 2.16. The molecule has 2 rings (SSSR count). The standard InChI is InChI=1S/C15H17N3O2/c1-18(13-5-3-4-6-14(13)20-2)15(19)11-7-9-12(17-16)10-8-11/h3-10,17H,16H2,1-2H3. The van der Waals surface area contributed by atoms with E-state index < -0.39 is 0 Å². The van der Waals surface area contributed by atoms with Crippen molar-refractivity contribution in [1.29, 1.82) is 0 Å². The first-order valence-electron chi connectivity index (χ1n) is 6.15. The first-order valence-corrected chi connectivity index (χ1v) is 6.15. The van der Waals surface area contributed by atoms with Gasteiger partial charge >= 0.3 is 0 Å². The van der Waals surface area contributed by atoms with Crippen LogP contribution in [0.15, 0.2) is 48.5 Å². The minimum Gasteiger partial charge on any atom is -0.495 e. The Bertz CT molecular complexity index is 596. The summed E-state index contributed by atoms with van der Waals surface area (Å²) in [7, 11) is 3.30. The van der Waals surface area contributed by atoms with Crippen molar-refractivity contribution >= 4 is 17.3 Å². The fourth-order valence-electron chi connectivity index (χ4n) is 1.92. The second-order valence-corrected chi connectivity index (χ2v) is 4.26. The Balaban J connectivity index is 2.27. The van der Waals surface area contributed by atoms with Crippen LogP contribution in [-0.4, -0.2) is 20.1 Å². The SMILES string of the molecule is COc1ccccc1N(C)C(=O)c1ccc(NN)cc1. The summed E-state index contributed by atoms with van der Waals surface area (Å²) >= 11 is 0. The third-order valence-electron chi connectivity index (χ3n) is 3.05. The molecule has 0 aliphatic rings. The number of hydrogen-bond acceptors (Lipinski definition) is 4. The first-order chi connectivity index (χ1) is 9.67. The fraction of sp³-hybridized carbons (Fsp3) is 0.133. The number of hydrogen-bond donors (Lipinski definition) is 2. The lowest BCUT2D eigenvalue weighted by molar-refractivity contribution is 0.0992. The molecule has 0 aliphatic carbocycles. The van der Waals surface area contributed by atoms with Gasteiger partial charge in [-0.2, -0.15) is 0 Å². The maximum Gasteiger partial charge on any atom is 0.258 e. The smallest absolute Gasteiger partial charge is 0.258 e. The van der Waals surface area contributed by atoms with Crippen molar-refractivity contribution in [2.45, 2.75) is 0 Å². The Labute approximate surface area is 117 Å². The van der Waals surface area contributed by atoms with Crippen molar-refractivity contribution in [3.05, 3.63) is 54.1 Å². The monoisotopic (exact) mass is 271 g/mol. The number of nitrogens with two attached hydrogens (primary N) is 1. The van der Waals surface area contributed by atoms with E-state index in [0.717, 1.165) is 11.4 Å². The van der Waals surface area contributed by atoms with Crippen molar-refractivity contribution in [3.63, 3.8) is 0 Å². The quantitative estimate of drug-likeness (QED) is 0.661. The van der Waals surface area contributed by atoms with Crippen molar-refractivity contribution in [2.75, 3.05) is 24.5 Å². The van der Waals surface area contributed by atoms with Gasteiger partial charge in [-0.05, 0) is 36.4 Å². The zero-order valence-electron chi connectivity index (χ0n) is 11.5. The maximum absolute atomic E-state index is 12.4. The number of amides is 1. The van der Waals surface area contributed by atoms with Gasteiger partial charge in [-0.15, -0.1) is 0 Å². The summed E-state index contributed by atoms with van der Waals surface area (Å²) in [6.45, 7) is 0. The number of hydrazine groups is 1. The number of rotatable bonds is 4. The van der Waals surface area contributed by atoms with E-state index in [4.69, 9.17) is 10.6 Å². The predicted octanol–water partition coefficient (Wildman–Crippen LogP) is 2.26. The second kappa shape index (κ2) is 6.08. The van der Waals surface area contributed by atoms with Crippen LogP contribution in [0, 0.1) is 0 Å². The number of anilines is 2. The molecule has 0 fully saturated rings. The van der Waals surface area contributed by atoms with E-state index in [2.05, 4.69) is 5.43 Å². The molecule has 0 aliphatic heterocycles. The molecule has 0 radical (unpaired) electrons. The summed E-state index contributed by atoms with van der Waals surface area (Å²) in [6, 6.07) is 14.3. The Hall–Kier alpha value is -2.53. The Kier molecular flexibility index (Phi) is 4.22. The molecule has 0 heterocycles. The Morgan fingerprint density at radius 3 is 2.40 bits per heavy atom. The van der Waals surface area contributed by atoms with Crippen LogP contribution in [0.25, 0.3) is 0 Å². The van der Waals surface area contributed by atoms with Gasteiger partial charge in [0.15, 0.2) is 0 Å². The van der Waals surface area contributed by atoms with Gasteiger partial charge in [0.1, 0.15) is 5.75 Å². The molecule has 0 aromatic heterocycles. The fourth-order valence-corrected chi connectivity index (χ4v) is 1.92. The summed E-state index contributed by atoms with van der Waals surface area (Å²) in [4.78, 5) is 14.0. The molecule has 3 N–H and O–H groups in total. The molecule has 2 aromatic carbocycles. The molecule has 1 amide bonds. The molecule has 0 saturated carbocycles. The molecule has 104 valence electrons. The number of para-hydroxylation sites is 2. The van der Waals surface area contributed by atoms with Crippen LogP contribution in [-0.2, 0) is 0 Å². The van der Waals surface area contributed by atoms with Crippen molar-refractivity contribution in [3.8, 4) is 5.75 Å². The predicted molar refractivity (Wildman–Crippen MR) is 80.0 cm³/mol. The number of benzene rings is 2. The van der Waals surface area contributed by atoms with Crippen molar-refractivity contribution in [2.24, 2.45) is 5.84 Å². The molecule has 20 heavy (non-hydrogen) atoms. The number of nitrogen functional groups attached to an aromatic ring is 1. The number of carbonyl (C=O) groups is 1. The lowest BCUT2D eigenvalue weighted by Gasteiger charge is -2.20. The van der Waals surface area contributed by atoms with Crippen LogP contribution in [0.4, 0.5) is 11.4 Å². The zero-order chi connectivity index (χ0) is 14.5. The van der Waals surface area contributed by atoms with E-state index in [1.54, 1.807) is 43.3 Å². The molecule has 0 atom stereocenters. The van der Waals surface area contributed by atoms with Crippen LogP contribution in [0.3, 0.4) is 0 Å². The van der Waals surface area contributed by atoms with E-state index >= 15 is 0 Å². The van der Waals surface area contributed by atoms with E-state index in [1.807, 2.05) is 24.3 Å². The van der Waals surface area contributed by atoms with E-state index in [0.29, 0.717) is 11.3 Å². The molecule has 5 heteroatoms. The summed E-state index contributed by atoms with van der Waals surface area (Å²) in [5, 5.41) is 0. The number of carbonyl (C=O) groups excluding carboxylic acids is 1. The number of nitrogens with one attached hydrogen (secondary N) is 1. The Morgan fingerprint density at radius 1 is 1.15 bits per heavy atom. The van der Waals surface area contributed by atoms with Gasteiger partial charge in [-0.1, -0.05) is 12.1 Å². The third-order valence-corrected chi connectivity index (χ3v) is 3.05. The van der Waals surface area contributed by atoms with Gasteiger partial charge < -0.3 is 15.1 Å². The average Bonchev–Trinajstić information content (AvgIpc) is 2.53. The van der Waals surface area contributed by atoms with Gasteiger partial charge in [0.05, 0.1) is 12.8 Å². The van der Waals surface area contributed by atoms with Crippen molar-refractivity contribution in [1.82, 2.24) is 0 Å². The summed E-state index contributed by atoms with van der Waals surface area (Å²) in [5.74, 6) is 5.85. The summed E-state index contributed by atoms with van der Waals surface area (Å²) in [5.41, 5.74) is 4.58. The lowest BCUT2D eigenvalue weighted by atomic mass is 10.1. The molecular formula is C15H17N3O2. The normalized spacial score (nSPS) is 9.95. The maximum atomic E-state index is 12.4. The average molecular weight is 271 g/mol. The number of nitrogens with zero attached hydrogens (tertiary/aromatic N) is 1. The van der Waals surface area contributed by atoms with Gasteiger partial charge in [0.25, 0.3) is 5.91 Å². The highest BCUT2D eigenvalue weighted by molar-refractivity contribution is 6.06. The third kappa shape index (κ3) is 2.73. The van der Waals surface area contributed by atoms with Gasteiger partial charge in [0.2, 0.25) is 0 Å². The van der Waals surface area contributed by atoms with Crippen LogP contribution < -0.4 is 20.9 Å². The Morgan fingerprint density at radius 2 is 1.80 bits per heavy atom. The van der Waals surface area contributed by atoms with Crippen molar-refractivity contribution < 1.29 is 9.53 Å². The second-order valence-electron chi connectivity index (χ2n) is 4.26. The summed E-state index contributed by atoms with van der Waals surface area (Å²) in [6.07, 6.45) is 0. The lowest BCUT2D eigenvalue weighted by Crippen LogP contribution is -2.26. The van der Waals surface area contributed by atoms with E-state index in [9.17, 15) is 4.79 Å². The minimum absolute atomic E-state index is 0.113. The largest absolute Gasteiger partial charge is 0.495 e. The molecular weight excluding hydrogens is 254 g/mol. The van der Waals surface area contributed by atoms with E-state index in [-0.39, 0.29) is 5.91 Å². The molecule has 2 aromatic rings. The summed E-state index contributed by atoms with van der Waals surface area (Å²) < 4.78 is 5.27. The molecule has 0 spiro atoms.